The molecule has 5 rings (SSSR count). The van der Waals surface area contributed by atoms with E-state index in [1.807, 2.05) is 31.2 Å². The summed E-state index contributed by atoms with van der Waals surface area (Å²) in [5, 5.41) is 5.61. The van der Waals surface area contributed by atoms with Crippen LogP contribution in [-0.4, -0.2) is 20.9 Å². The number of aryl methyl sites for hydroxylation is 3. The van der Waals surface area contributed by atoms with Crippen molar-refractivity contribution in [3.05, 3.63) is 57.7 Å². The molecule has 0 fully saturated rings. The molecule has 0 atom stereocenters. The van der Waals surface area contributed by atoms with Crippen LogP contribution in [-0.2, 0) is 12.8 Å². The van der Waals surface area contributed by atoms with Gasteiger partial charge in [-0.25, -0.2) is 15.0 Å². The quantitative estimate of drug-likeness (QED) is 0.447. The first-order valence-corrected chi connectivity index (χ1v) is 11.4. The van der Waals surface area contributed by atoms with Crippen molar-refractivity contribution in [3.8, 4) is 0 Å². The van der Waals surface area contributed by atoms with E-state index in [1.54, 1.807) is 23.9 Å². The third-order valence-electron chi connectivity index (χ3n) is 4.65. The molecule has 4 aromatic rings. The fourth-order valence-corrected chi connectivity index (χ4v) is 6.40. The fourth-order valence-electron chi connectivity index (χ4n) is 3.40. The molecular formula is C20H16N4OS3. The summed E-state index contributed by atoms with van der Waals surface area (Å²) in [4.78, 5) is 30.5. The maximum Gasteiger partial charge on any atom is 0.258 e. The van der Waals surface area contributed by atoms with E-state index in [4.69, 9.17) is 0 Å². The van der Waals surface area contributed by atoms with Crippen LogP contribution in [0.4, 0.5) is 5.13 Å². The molecule has 1 amide bonds. The van der Waals surface area contributed by atoms with Gasteiger partial charge in [0.2, 0.25) is 0 Å². The Bertz CT molecular complexity index is 1200. The number of fused-ring (bicyclic) bond motifs is 3. The number of rotatable bonds is 4. The number of amides is 1. The number of nitrogens with one attached hydrogen (secondary N) is 1. The fraction of sp³-hybridized carbons (Fsp3) is 0.200. The molecule has 0 aliphatic heterocycles. The first kappa shape index (κ1) is 17.8. The zero-order valence-corrected chi connectivity index (χ0v) is 17.5. The predicted octanol–water partition coefficient (Wildman–Crippen LogP) is 5.35. The summed E-state index contributed by atoms with van der Waals surface area (Å²) in [6.07, 6.45) is 6.80. The van der Waals surface area contributed by atoms with Crippen molar-refractivity contribution in [2.45, 2.75) is 36.1 Å². The van der Waals surface area contributed by atoms with E-state index in [9.17, 15) is 4.79 Å². The molecule has 0 saturated carbocycles. The van der Waals surface area contributed by atoms with Crippen molar-refractivity contribution in [3.63, 3.8) is 0 Å². The zero-order valence-electron chi connectivity index (χ0n) is 15.1. The number of anilines is 1. The average Bonchev–Trinajstić information content (AvgIpc) is 3.38. The second-order valence-corrected chi connectivity index (χ2v) is 9.89. The molecule has 140 valence electrons. The second kappa shape index (κ2) is 7.27. The van der Waals surface area contributed by atoms with E-state index >= 15 is 0 Å². The maximum absolute atomic E-state index is 12.8. The Morgan fingerprint density at radius 1 is 1.14 bits per heavy atom. The lowest BCUT2D eigenvalue weighted by Gasteiger charge is -2.09. The first-order valence-electron chi connectivity index (χ1n) is 8.95. The summed E-state index contributed by atoms with van der Waals surface area (Å²) in [6.45, 7) is 1.97. The second-order valence-electron chi connectivity index (χ2n) is 6.54. The molecule has 5 nitrogen and oxygen atoms in total. The number of hydrogen-bond donors (Lipinski definition) is 1. The van der Waals surface area contributed by atoms with Gasteiger partial charge in [0, 0.05) is 26.2 Å². The van der Waals surface area contributed by atoms with Crippen LogP contribution < -0.4 is 5.32 Å². The van der Waals surface area contributed by atoms with Gasteiger partial charge in [-0.15, -0.1) is 22.7 Å². The minimum atomic E-state index is -0.154. The molecule has 1 N–H and O–H groups in total. The van der Waals surface area contributed by atoms with Crippen LogP contribution in [0.3, 0.4) is 0 Å². The molecule has 1 aliphatic rings. The molecule has 3 heterocycles. The average molecular weight is 425 g/mol. The Labute approximate surface area is 174 Å². The topological polar surface area (TPSA) is 67.8 Å². The Morgan fingerprint density at radius 3 is 2.89 bits per heavy atom. The smallest absolute Gasteiger partial charge is 0.258 e. The zero-order chi connectivity index (χ0) is 19.1. The maximum atomic E-state index is 12.8. The number of benzene rings is 1. The first-order chi connectivity index (χ1) is 13.7. The number of aromatic nitrogens is 3. The SMILES string of the molecule is Cc1cnc(NC(=O)c2ccccc2Sc2ncnc3sc4c(c23)CCC4)s1. The van der Waals surface area contributed by atoms with Crippen molar-refractivity contribution in [1.29, 1.82) is 0 Å². The molecule has 28 heavy (non-hydrogen) atoms. The number of hydrogen-bond acceptors (Lipinski definition) is 7. The summed E-state index contributed by atoms with van der Waals surface area (Å²) < 4.78 is 0. The lowest BCUT2D eigenvalue weighted by atomic mass is 10.2. The van der Waals surface area contributed by atoms with Gasteiger partial charge in [0.1, 0.15) is 16.2 Å². The van der Waals surface area contributed by atoms with Crippen molar-refractivity contribution in [2.75, 3.05) is 5.32 Å². The number of carbonyl (C=O) groups excluding carboxylic acids is 1. The van der Waals surface area contributed by atoms with Crippen molar-refractivity contribution in [2.24, 2.45) is 0 Å². The van der Waals surface area contributed by atoms with Crippen LogP contribution >= 0.6 is 34.4 Å². The molecule has 0 spiro atoms. The van der Waals surface area contributed by atoms with E-state index in [2.05, 4.69) is 20.3 Å². The van der Waals surface area contributed by atoms with E-state index in [0.29, 0.717) is 10.7 Å². The van der Waals surface area contributed by atoms with Gasteiger partial charge in [-0.2, -0.15) is 0 Å². The third kappa shape index (κ3) is 3.21. The van der Waals surface area contributed by atoms with Gasteiger partial charge in [0.15, 0.2) is 5.13 Å². The minimum Gasteiger partial charge on any atom is -0.298 e. The molecule has 1 aliphatic carbocycles. The lowest BCUT2D eigenvalue weighted by Crippen LogP contribution is -2.12. The van der Waals surface area contributed by atoms with Gasteiger partial charge in [0.05, 0.1) is 5.56 Å². The van der Waals surface area contributed by atoms with E-state index in [1.165, 1.54) is 40.0 Å². The van der Waals surface area contributed by atoms with Gasteiger partial charge >= 0.3 is 0 Å². The molecule has 0 saturated heterocycles. The van der Waals surface area contributed by atoms with Crippen molar-refractivity contribution < 1.29 is 4.79 Å². The predicted molar refractivity (Wildman–Crippen MR) is 115 cm³/mol. The largest absolute Gasteiger partial charge is 0.298 e. The third-order valence-corrected chi connectivity index (χ3v) is 7.75. The molecule has 3 aromatic heterocycles. The van der Waals surface area contributed by atoms with E-state index in [0.717, 1.165) is 37.9 Å². The van der Waals surface area contributed by atoms with Crippen molar-refractivity contribution >= 4 is 55.7 Å². The molecule has 0 bridgehead atoms. The van der Waals surface area contributed by atoms with Crippen molar-refractivity contribution in [1.82, 2.24) is 15.0 Å². The van der Waals surface area contributed by atoms with Crippen LogP contribution in [0.5, 0.6) is 0 Å². The monoisotopic (exact) mass is 424 g/mol. The Morgan fingerprint density at radius 2 is 2.04 bits per heavy atom. The van der Waals surface area contributed by atoms with Gasteiger partial charge in [-0.1, -0.05) is 23.9 Å². The van der Waals surface area contributed by atoms with Crippen LogP contribution in [0.1, 0.15) is 32.1 Å². The summed E-state index contributed by atoms with van der Waals surface area (Å²) in [6, 6.07) is 7.63. The Balaban J connectivity index is 1.50. The summed E-state index contributed by atoms with van der Waals surface area (Å²) in [5.74, 6) is -0.154. The van der Waals surface area contributed by atoms with Gasteiger partial charge in [0.25, 0.3) is 5.91 Å². The summed E-state index contributed by atoms with van der Waals surface area (Å²) in [7, 11) is 0. The van der Waals surface area contributed by atoms with E-state index < -0.39 is 0 Å². The molecule has 1 aromatic carbocycles. The minimum absolute atomic E-state index is 0.154. The van der Waals surface area contributed by atoms with Crippen LogP contribution in [0.25, 0.3) is 10.2 Å². The summed E-state index contributed by atoms with van der Waals surface area (Å²) >= 11 is 4.78. The van der Waals surface area contributed by atoms with Gasteiger partial charge in [-0.05, 0) is 43.9 Å². The number of thiophene rings is 1. The molecular weight excluding hydrogens is 408 g/mol. The summed E-state index contributed by atoms with van der Waals surface area (Å²) in [5.41, 5.74) is 2.02. The van der Waals surface area contributed by atoms with Crippen LogP contribution in [0.2, 0.25) is 0 Å². The van der Waals surface area contributed by atoms with Gasteiger partial charge < -0.3 is 0 Å². The number of thiazole rings is 1. The highest BCUT2D eigenvalue weighted by Crippen LogP contribution is 2.42. The van der Waals surface area contributed by atoms with Crippen LogP contribution in [0, 0.1) is 6.92 Å². The Kier molecular flexibility index (Phi) is 4.62. The number of carbonyl (C=O) groups is 1. The number of nitrogens with zero attached hydrogens (tertiary/aromatic N) is 3. The van der Waals surface area contributed by atoms with Gasteiger partial charge in [-0.3, -0.25) is 10.1 Å². The molecule has 0 unspecified atom stereocenters. The lowest BCUT2D eigenvalue weighted by molar-refractivity contribution is 0.102. The standard InChI is InChI=1S/C20H16N4OS3/c1-11-9-21-20(26-11)24-17(25)13-5-2-3-7-15(13)28-19-16-12-6-4-8-14(12)27-18(16)22-10-23-19/h2-3,5,7,9-10H,4,6,8H2,1H3,(H,21,24,25). The normalized spacial score (nSPS) is 13.0. The highest BCUT2D eigenvalue weighted by molar-refractivity contribution is 7.99. The molecule has 8 heteroatoms. The molecule has 0 radical (unpaired) electrons. The van der Waals surface area contributed by atoms with E-state index in [-0.39, 0.29) is 5.91 Å². The highest BCUT2D eigenvalue weighted by Gasteiger charge is 2.22. The Hall–Kier alpha value is -2.29. The van der Waals surface area contributed by atoms with Crippen LogP contribution in [0.15, 0.2) is 46.7 Å². The highest BCUT2D eigenvalue weighted by atomic mass is 32.2.